The van der Waals surface area contributed by atoms with Crippen molar-refractivity contribution in [3.8, 4) is 0 Å². The van der Waals surface area contributed by atoms with Crippen molar-refractivity contribution in [2.45, 2.75) is 39.8 Å². The predicted molar refractivity (Wildman–Crippen MR) is 112 cm³/mol. The molecular weight excluding hydrogens is 318 g/mol. The third-order valence-electron chi connectivity index (χ3n) is 6.18. The minimum absolute atomic E-state index is 0.509. The van der Waals surface area contributed by atoms with Gasteiger partial charge in [-0.15, -0.1) is 0 Å². The summed E-state index contributed by atoms with van der Waals surface area (Å²) in [5.74, 6) is 0.657. The first kappa shape index (κ1) is 17.6. The number of fused-ring (bicyclic) bond motifs is 3. The Kier molecular flexibility index (Phi) is 5.01. The summed E-state index contributed by atoms with van der Waals surface area (Å²) >= 11 is 0. The van der Waals surface area contributed by atoms with E-state index in [0.29, 0.717) is 12.0 Å². The molecule has 1 aromatic heterocycles. The summed E-state index contributed by atoms with van der Waals surface area (Å²) in [5.41, 5.74) is 4.19. The summed E-state index contributed by atoms with van der Waals surface area (Å²) in [4.78, 5) is 2.69. The molecule has 1 N–H and O–H groups in total. The Morgan fingerprint density at radius 1 is 0.962 bits per heavy atom. The Morgan fingerprint density at radius 2 is 1.69 bits per heavy atom. The number of piperazine rings is 1. The standard InChI is InChI=1S/C23H31N3/c1-4-17(3)23(25-14-12-24-13-15-25)18-10-11-22-20(16-18)19-8-6-7-9-21(19)26(22)5-2/h6-11,16-17,23-24H,4-5,12-15H2,1-3H3/t17?,23-/m1/s1. The van der Waals surface area contributed by atoms with Crippen LogP contribution in [0.3, 0.4) is 0 Å². The first-order valence-corrected chi connectivity index (χ1v) is 10.2. The molecule has 2 aromatic carbocycles. The number of nitrogens with zero attached hydrogens (tertiary/aromatic N) is 2. The van der Waals surface area contributed by atoms with Crippen LogP contribution in [0.4, 0.5) is 0 Å². The molecule has 0 radical (unpaired) electrons. The molecule has 0 amide bonds. The topological polar surface area (TPSA) is 20.2 Å². The molecular formula is C23H31N3. The van der Waals surface area contributed by atoms with Gasteiger partial charge in [0, 0.05) is 60.6 Å². The highest BCUT2D eigenvalue weighted by Gasteiger charge is 2.27. The Morgan fingerprint density at radius 3 is 2.42 bits per heavy atom. The molecule has 0 aliphatic carbocycles. The number of para-hydroxylation sites is 1. The molecule has 138 valence electrons. The van der Waals surface area contributed by atoms with Crippen LogP contribution in [0.15, 0.2) is 42.5 Å². The average Bonchev–Trinajstić information content (AvgIpc) is 3.02. The Bertz CT molecular complexity index is 889. The molecule has 1 fully saturated rings. The van der Waals surface area contributed by atoms with Crippen LogP contribution in [-0.2, 0) is 6.54 Å². The van der Waals surface area contributed by atoms with Crippen LogP contribution in [0, 0.1) is 5.92 Å². The lowest BCUT2D eigenvalue weighted by atomic mass is 9.89. The molecule has 0 bridgehead atoms. The third kappa shape index (κ3) is 2.93. The first-order valence-electron chi connectivity index (χ1n) is 10.2. The zero-order valence-electron chi connectivity index (χ0n) is 16.3. The van der Waals surface area contributed by atoms with Crippen molar-refractivity contribution in [2.24, 2.45) is 5.92 Å². The van der Waals surface area contributed by atoms with Crippen molar-refractivity contribution in [2.75, 3.05) is 26.2 Å². The van der Waals surface area contributed by atoms with Crippen LogP contribution in [0.25, 0.3) is 21.8 Å². The lowest BCUT2D eigenvalue weighted by Gasteiger charge is -2.38. The highest BCUT2D eigenvalue weighted by Crippen LogP contribution is 2.36. The lowest BCUT2D eigenvalue weighted by molar-refractivity contribution is 0.128. The van der Waals surface area contributed by atoms with Crippen LogP contribution in [-0.4, -0.2) is 35.6 Å². The van der Waals surface area contributed by atoms with Gasteiger partial charge in [-0.25, -0.2) is 0 Å². The predicted octanol–water partition coefficient (Wildman–Crippen LogP) is 4.81. The molecule has 1 aliphatic rings. The van der Waals surface area contributed by atoms with Crippen LogP contribution >= 0.6 is 0 Å². The largest absolute Gasteiger partial charge is 0.341 e. The van der Waals surface area contributed by atoms with Crippen molar-refractivity contribution >= 4 is 21.8 Å². The van der Waals surface area contributed by atoms with Crippen molar-refractivity contribution in [1.82, 2.24) is 14.8 Å². The maximum atomic E-state index is 3.50. The molecule has 0 spiro atoms. The molecule has 2 atom stereocenters. The number of rotatable bonds is 5. The van der Waals surface area contributed by atoms with E-state index in [-0.39, 0.29) is 0 Å². The van der Waals surface area contributed by atoms with E-state index in [1.807, 2.05) is 0 Å². The minimum atomic E-state index is 0.509. The summed E-state index contributed by atoms with van der Waals surface area (Å²) in [6, 6.07) is 16.6. The van der Waals surface area contributed by atoms with Crippen LogP contribution in [0.2, 0.25) is 0 Å². The Labute approximate surface area is 157 Å². The summed E-state index contributed by atoms with van der Waals surface area (Å²) in [5, 5.41) is 6.29. The molecule has 4 rings (SSSR count). The summed E-state index contributed by atoms with van der Waals surface area (Å²) < 4.78 is 2.44. The molecule has 3 heteroatoms. The number of aryl methyl sites for hydroxylation is 1. The van der Waals surface area contributed by atoms with Crippen molar-refractivity contribution in [3.63, 3.8) is 0 Å². The summed E-state index contributed by atoms with van der Waals surface area (Å²) in [6.07, 6.45) is 1.21. The van der Waals surface area contributed by atoms with Crippen molar-refractivity contribution in [3.05, 3.63) is 48.0 Å². The van der Waals surface area contributed by atoms with Crippen LogP contribution in [0.1, 0.15) is 38.8 Å². The van der Waals surface area contributed by atoms with Crippen LogP contribution < -0.4 is 5.32 Å². The van der Waals surface area contributed by atoms with Crippen molar-refractivity contribution < 1.29 is 0 Å². The molecule has 3 nitrogen and oxygen atoms in total. The van der Waals surface area contributed by atoms with E-state index in [1.54, 1.807) is 0 Å². The SMILES string of the molecule is CCC(C)[C@H](c1ccc2c(c1)c1ccccc1n2CC)N1CCNCC1. The van der Waals surface area contributed by atoms with E-state index in [4.69, 9.17) is 0 Å². The third-order valence-corrected chi connectivity index (χ3v) is 6.18. The van der Waals surface area contributed by atoms with E-state index in [0.717, 1.165) is 32.7 Å². The van der Waals surface area contributed by atoms with Gasteiger partial charge in [0.05, 0.1) is 0 Å². The van der Waals surface area contributed by atoms with Crippen LogP contribution in [0.5, 0.6) is 0 Å². The molecule has 2 heterocycles. The quantitative estimate of drug-likeness (QED) is 0.713. The number of benzene rings is 2. The van der Waals surface area contributed by atoms with E-state index < -0.39 is 0 Å². The van der Waals surface area contributed by atoms with Gasteiger partial charge in [-0.05, 0) is 36.6 Å². The second-order valence-electron chi connectivity index (χ2n) is 7.65. The molecule has 26 heavy (non-hydrogen) atoms. The summed E-state index contributed by atoms with van der Waals surface area (Å²) in [7, 11) is 0. The molecule has 1 saturated heterocycles. The zero-order chi connectivity index (χ0) is 18.1. The second kappa shape index (κ2) is 7.42. The smallest absolute Gasteiger partial charge is 0.0491 e. The van der Waals surface area contributed by atoms with Gasteiger partial charge >= 0.3 is 0 Å². The zero-order valence-corrected chi connectivity index (χ0v) is 16.3. The van der Waals surface area contributed by atoms with Gasteiger partial charge in [0.15, 0.2) is 0 Å². The number of aromatic nitrogens is 1. The van der Waals surface area contributed by atoms with Gasteiger partial charge in [0.1, 0.15) is 0 Å². The van der Waals surface area contributed by atoms with Gasteiger partial charge in [0.25, 0.3) is 0 Å². The number of hydrogen-bond donors (Lipinski definition) is 1. The second-order valence-corrected chi connectivity index (χ2v) is 7.65. The highest BCUT2D eigenvalue weighted by molar-refractivity contribution is 6.08. The molecule has 1 aliphatic heterocycles. The van der Waals surface area contributed by atoms with Crippen molar-refractivity contribution in [1.29, 1.82) is 0 Å². The van der Waals surface area contributed by atoms with Gasteiger partial charge in [-0.2, -0.15) is 0 Å². The van der Waals surface area contributed by atoms with E-state index >= 15 is 0 Å². The van der Waals surface area contributed by atoms with Gasteiger partial charge in [-0.1, -0.05) is 44.5 Å². The molecule has 3 aromatic rings. The summed E-state index contributed by atoms with van der Waals surface area (Å²) in [6.45, 7) is 12.5. The van der Waals surface area contributed by atoms with Gasteiger partial charge in [0.2, 0.25) is 0 Å². The van der Waals surface area contributed by atoms with E-state index in [9.17, 15) is 0 Å². The van der Waals surface area contributed by atoms with Gasteiger partial charge in [-0.3, -0.25) is 4.90 Å². The number of hydrogen-bond acceptors (Lipinski definition) is 2. The monoisotopic (exact) mass is 349 g/mol. The highest BCUT2D eigenvalue weighted by atomic mass is 15.2. The average molecular weight is 350 g/mol. The Balaban J connectivity index is 1.85. The fourth-order valence-electron chi connectivity index (χ4n) is 4.68. The van der Waals surface area contributed by atoms with E-state index in [1.165, 1.54) is 33.8 Å². The number of nitrogens with one attached hydrogen (secondary N) is 1. The first-order chi connectivity index (χ1) is 12.7. The fraction of sp³-hybridized carbons (Fsp3) is 0.478. The molecule has 0 saturated carbocycles. The minimum Gasteiger partial charge on any atom is -0.341 e. The maximum absolute atomic E-state index is 3.50. The fourth-order valence-corrected chi connectivity index (χ4v) is 4.68. The Hall–Kier alpha value is -1.84. The normalized spacial score (nSPS) is 18.4. The maximum Gasteiger partial charge on any atom is 0.0491 e. The van der Waals surface area contributed by atoms with Gasteiger partial charge < -0.3 is 9.88 Å². The lowest BCUT2D eigenvalue weighted by Crippen LogP contribution is -2.46. The molecule has 1 unspecified atom stereocenters. The van der Waals surface area contributed by atoms with E-state index in [2.05, 4.69) is 78.0 Å².